The lowest BCUT2D eigenvalue weighted by Gasteiger charge is -2.07. The Labute approximate surface area is 113 Å². The topological polar surface area (TPSA) is 24.7 Å². The monoisotopic (exact) mass is 260 g/mol. The third-order valence-corrected chi connectivity index (χ3v) is 3.39. The number of aliphatic imine (C=N–C) groups is 2. The van der Waals surface area contributed by atoms with Crippen molar-refractivity contribution in [3.05, 3.63) is 46.4 Å². The number of hydrogen-bond acceptors (Lipinski definition) is 3. The number of aryl methyl sites for hydroxylation is 1. The molecule has 96 valence electrons. The van der Waals surface area contributed by atoms with E-state index in [9.17, 15) is 0 Å². The van der Waals surface area contributed by atoms with Crippen LogP contribution in [0.25, 0.3) is 0 Å². The molecule has 18 heavy (non-hydrogen) atoms. The van der Waals surface area contributed by atoms with Gasteiger partial charge in [-0.2, -0.15) is 0 Å². The highest BCUT2D eigenvalue weighted by Crippen LogP contribution is 2.19. The van der Waals surface area contributed by atoms with E-state index in [1.54, 1.807) is 11.3 Å². The van der Waals surface area contributed by atoms with Gasteiger partial charge in [0.15, 0.2) is 0 Å². The minimum atomic E-state index is 0.805. The number of hydrogen-bond donors (Lipinski definition) is 0. The molecule has 0 saturated heterocycles. The fraction of sp³-hybridized carbons (Fsp3) is 0.333. The maximum atomic E-state index is 4.57. The Morgan fingerprint density at radius 2 is 2.22 bits per heavy atom. The average molecular weight is 260 g/mol. The van der Waals surface area contributed by atoms with E-state index in [0.29, 0.717) is 0 Å². The van der Waals surface area contributed by atoms with Crippen LogP contribution < -0.4 is 0 Å². The Balaban J connectivity index is 3.30. The Bertz CT molecular complexity index is 504. The summed E-state index contributed by atoms with van der Waals surface area (Å²) >= 11 is 1.70. The summed E-state index contributed by atoms with van der Waals surface area (Å²) in [6.07, 6.45) is 4.60. The molecule has 2 nitrogen and oxygen atoms in total. The SMILES string of the molecule is C=C(C)N=C(C(CC)=N/C=C\C)c1sccc1C. The van der Waals surface area contributed by atoms with Gasteiger partial charge >= 0.3 is 0 Å². The molecule has 0 N–H and O–H groups in total. The summed E-state index contributed by atoms with van der Waals surface area (Å²) in [6.45, 7) is 11.9. The largest absolute Gasteiger partial charge is 0.259 e. The molecule has 1 heterocycles. The Kier molecular flexibility index (Phi) is 5.72. The van der Waals surface area contributed by atoms with E-state index in [0.717, 1.165) is 23.5 Å². The zero-order valence-corrected chi connectivity index (χ0v) is 12.3. The zero-order valence-electron chi connectivity index (χ0n) is 11.5. The van der Waals surface area contributed by atoms with Gasteiger partial charge in [0, 0.05) is 11.9 Å². The van der Waals surface area contributed by atoms with Crippen LogP contribution in [0.2, 0.25) is 0 Å². The van der Waals surface area contributed by atoms with Gasteiger partial charge in [0.2, 0.25) is 0 Å². The molecule has 0 saturated carbocycles. The summed E-state index contributed by atoms with van der Waals surface area (Å²) < 4.78 is 0. The molecule has 0 unspecified atom stereocenters. The van der Waals surface area contributed by atoms with Crippen LogP contribution in [-0.2, 0) is 0 Å². The molecular weight excluding hydrogens is 240 g/mol. The fourth-order valence-corrected chi connectivity index (χ4v) is 2.47. The quantitative estimate of drug-likeness (QED) is 0.682. The minimum Gasteiger partial charge on any atom is -0.259 e. The smallest absolute Gasteiger partial charge is 0.102 e. The molecule has 1 aromatic heterocycles. The van der Waals surface area contributed by atoms with E-state index in [1.165, 1.54) is 10.4 Å². The first kappa shape index (κ1) is 14.6. The highest BCUT2D eigenvalue weighted by Gasteiger charge is 2.13. The van der Waals surface area contributed by atoms with Crippen LogP contribution in [0, 0.1) is 6.92 Å². The Morgan fingerprint density at radius 1 is 1.50 bits per heavy atom. The van der Waals surface area contributed by atoms with Crippen molar-refractivity contribution in [2.45, 2.75) is 34.1 Å². The van der Waals surface area contributed by atoms with Crippen LogP contribution in [0.3, 0.4) is 0 Å². The van der Waals surface area contributed by atoms with E-state index in [1.807, 2.05) is 26.1 Å². The second-order valence-electron chi connectivity index (χ2n) is 4.04. The first-order valence-electron chi connectivity index (χ1n) is 6.07. The van der Waals surface area contributed by atoms with Crippen LogP contribution in [-0.4, -0.2) is 11.4 Å². The first-order valence-corrected chi connectivity index (χ1v) is 6.95. The van der Waals surface area contributed by atoms with Gasteiger partial charge in [-0.3, -0.25) is 9.98 Å². The second-order valence-corrected chi connectivity index (χ2v) is 4.96. The van der Waals surface area contributed by atoms with Gasteiger partial charge in [0.05, 0.1) is 10.6 Å². The third-order valence-electron chi connectivity index (χ3n) is 2.37. The minimum absolute atomic E-state index is 0.805. The molecular formula is C15H20N2S. The molecule has 0 aliphatic carbocycles. The van der Waals surface area contributed by atoms with Gasteiger partial charge in [-0.15, -0.1) is 11.3 Å². The Hall–Kier alpha value is -1.48. The molecule has 0 aliphatic rings. The number of nitrogens with zero attached hydrogens (tertiary/aromatic N) is 2. The summed E-state index contributed by atoms with van der Waals surface area (Å²) in [5.74, 6) is 0. The molecule has 0 radical (unpaired) electrons. The van der Waals surface area contributed by atoms with E-state index < -0.39 is 0 Å². The molecule has 0 amide bonds. The predicted molar refractivity (Wildman–Crippen MR) is 82.9 cm³/mol. The summed E-state index contributed by atoms with van der Waals surface area (Å²) in [6, 6.07) is 2.11. The number of rotatable bonds is 5. The van der Waals surface area contributed by atoms with Crippen molar-refractivity contribution in [1.29, 1.82) is 0 Å². The highest BCUT2D eigenvalue weighted by molar-refractivity contribution is 7.13. The van der Waals surface area contributed by atoms with Crippen LogP contribution in [0.15, 0.2) is 46.0 Å². The lowest BCUT2D eigenvalue weighted by molar-refractivity contribution is 1.27. The normalized spacial score (nSPS) is 13.3. The maximum Gasteiger partial charge on any atom is 0.102 e. The molecule has 1 aromatic rings. The van der Waals surface area contributed by atoms with Crippen LogP contribution >= 0.6 is 11.3 Å². The summed E-state index contributed by atoms with van der Waals surface area (Å²) in [7, 11) is 0. The van der Waals surface area contributed by atoms with Crippen LogP contribution in [0.4, 0.5) is 0 Å². The van der Waals surface area contributed by atoms with E-state index in [-0.39, 0.29) is 0 Å². The second kappa shape index (κ2) is 7.07. The lowest BCUT2D eigenvalue weighted by atomic mass is 10.1. The van der Waals surface area contributed by atoms with Crippen molar-refractivity contribution in [1.82, 2.24) is 0 Å². The van der Waals surface area contributed by atoms with Gasteiger partial charge in [0.25, 0.3) is 0 Å². The van der Waals surface area contributed by atoms with Crippen molar-refractivity contribution < 1.29 is 0 Å². The van der Waals surface area contributed by atoms with Gasteiger partial charge in [-0.25, -0.2) is 0 Å². The fourth-order valence-electron chi connectivity index (χ4n) is 1.54. The first-order chi connectivity index (χ1) is 8.60. The standard InChI is InChI=1S/C15H20N2S/c1-6-9-16-13(7-2)14(17-11(3)4)15-12(5)8-10-18-15/h6,8-10H,3,7H2,1-2,4-5H3/b9-6-,16-13?,17-14?. The van der Waals surface area contributed by atoms with Crippen LogP contribution in [0.5, 0.6) is 0 Å². The van der Waals surface area contributed by atoms with Crippen LogP contribution in [0.1, 0.15) is 37.6 Å². The number of allylic oxidation sites excluding steroid dienone is 2. The average Bonchev–Trinajstić information content (AvgIpc) is 2.74. The molecule has 0 bridgehead atoms. The predicted octanol–water partition coefficient (Wildman–Crippen LogP) is 4.76. The summed E-state index contributed by atoms with van der Waals surface area (Å²) in [5, 5.41) is 2.08. The van der Waals surface area contributed by atoms with Gasteiger partial charge in [-0.1, -0.05) is 19.6 Å². The van der Waals surface area contributed by atoms with Crippen molar-refractivity contribution >= 4 is 22.8 Å². The van der Waals surface area contributed by atoms with Crippen molar-refractivity contribution in [3.63, 3.8) is 0 Å². The molecule has 3 heteroatoms. The zero-order chi connectivity index (χ0) is 13.5. The van der Waals surface area contributed by atoms with Gasteiger partial charge in [0.1, 0.15) is 5.71 Å². The van der Waals surface area contributed by atoms with E-state index >= 15 is 0 Å². The lowest BCUT2D eigenvalue weighted by Crippen LogP contribution is -2.14. The molecule has 0 spiro atoms. The van der Waals surface area contributed by atoms with Crippen molar-refractivity contribution in [2.75, 3.05) is 0 Å². The van der Waals surface area contributed by atoms with Gasteiger partial charge < -0.3 is 0 Å². The maximum absolute atomic E-state index is 4.57. The number of thiophene rings is 1. The summed E-state index contributed by atoms with van der Waals surface area (Å²) in [4.78, 5) is 10.2. The molecule has 0 fully saturated rings. The van der Waals surface area contributed by atoms with Crippen molar-refractivity contribution in [3.8, 4) is 0 Å². The third kappa shape index (κ3) is 3.77. The molecule has 0 aliphatic heterocycles. The van der Waals surface area contributed by atoms with E-state index in [2.05, 4.69) is 41.9 Å². The molecule has 0 atom stereocenters. The highest BCUT2D eigenvalue weighted by atomic mass is 32.1. The van der Waals surface area contributed by atoms with Crippen molar-refractivity contribution in [2.24, 2.45) is 9.98 Å². The van der Waals surface area contributed by atoms with E-state index in [4.69, 9.17) is 0 Å². The Morgan fingerprint density at radius 3 is 2.67 bits per heavy atom. The molecule has 1 rings (SSSR count). The molecule has 0 aromatic carbocycles. The van der Waals surface area contributed by atoms with Gasteiger partial charge in [-0.05, 0) is 44.2 Å². The summed E-state index contributed by atoms with van der Waals surface area (Å²) in [5.41, 5.74) is 4.00.